The van der Waals surface area contributed by atoms with E-state index in [0.29, 0.717) is 0 Å². The SMILES string of the molecule is Cc1noc(C)c1CCCNc1ccnc2c(Br)cccc12. The fourth-order valence-electron chi connectivity index (χ4n) is 2.64. The first kappa shape index (κ1) is 15.0. The van der Waals surface area contributed by atoms with Gasteiger partial charge in [0.05, 0.1) is 11.2 Å². The van der Waals surface area contributed by atoms with E-state index in [2.05, 4.69) is 37.5 Å². The van der Waals surface area contributed by atoms with E-state index >= 15 is 0 Å². The Morgan fingerprint density at radius 1 is 1.23 bits per heavy atom. The van der Waals surface area contributed by atoms with Gasteiger partial charge in [0.2, 0.25) is 0 Å². The molecule has 0 fully saturated rings. The van der Waals surface area contributed by atoms with Crippen LogP contribution in [-0.4, -0.2) is 16.7 Å². The van der Waals surface area contributed by atoms with Crippen LogP contribution in [0.4, 0.5) is 5.69 Å². The molecule has 3 aromatic rings. The second-order valence-electron chi connectivity index (χ2n) is 5.33. The van der Waals surface area contributed by atoms with Gasteiger partial charge in [0.25, 0.3) is 0 Å². The van der Waals surface area contributed by atoms with Crippen LogP contribution in [0.2, 0.25) is 0 Å². The molecule has 4 nitrogen and oxygen atoms in total. The third kappa shape index (κ3) is 2.99. The number of aryl methyl sites for hydroxylation is 2. The smallest absolute Gasteiger partial charge is 0.137 e. The summed E-state index contributed by atoms with van der Waals surface area (Å²) in [5.41, 5.74) is 4.32. The number of aromatic nitrogens is 2. The molecule has 0 unspecified atom stereocenters. The number of fused-ring (bicyclic) bond motifs is 1. The highest BCUT2D eigenvalue weighted by atomic mass is 79.9. The van der Waals surface area contributed by atoms with Crippen molar-refractivity contribution in [2.24, 2.45) is 0 Å². The predicted molar refractivity (Wildman–Crippen MR) is 92.2 cm³/mol. The summed E-state index contributed by atoms with van der Waals surface area (Å²) >= 11 is 3.55. The van der Waals surface area contributed by atoms with Crippen molar-refractivity contribution in [3.05, 3.63) is 52.0 Å². The number of halogens is 1. The first-order chi connectivity index (χ1) is 10.7. The zero-order chi connectivity index (χ0) is 15.5. The average molecular weight is 360 g/mol. The number of pyridine rings is 1. The van der Waals surface area contributed by atoms with Crippen LogP contribution in [-0.2, 0) is 6.42 Å². The molecule has 0 saturated heterocycles. The van der Waals surface area contributed by atoms with E-state index in [0.717, 1.165) is 51.9 Å². The van der Waals surface area contributed by atoms with Gasteiger partial charge in [-0.05, 0) is 54.8 Å². The number of hydrogen-bond donors (Lipinski definition) is 1. The molecule has 2 heterocycles. The molecule has 1 N–H and O–H groups in total. The second-order valence-corrected chi connectivity index (χ2v) is 6.18. The van der Waals surface area contributed by atoms with Gasteiger partial charge in [0.15, 0.2) is 0 Å². The fourth-order valence-corrected chi connectivity index (χ4v) is 3.11. The molecule has 114 valence electrons. The summed E-state index contributed by atoms with van der Waals surface area (Å²) in [6, 6.07) is 8.15. The molecule has 3 rings (SSSR count). The number of nitrogens with one attached hydrogen (secondary N) is 1. The largest absolute Gasteiger partial charge is 0.384 e. The Morgan fingerprint density at radius 3 is 2.86 bits per heavy atom. The number of para-hydroxylation sites is 1. The van der Waals surface area contributed by atoms with Crippen LogP contribution < -0.4 is 5.32 Å². The molecule has 5 heteroatoms. The molecule has 0 saturated carbocycles. The summed E-state index contributed by atoms with van der Waals surface area (Å²) in [4.78, 5) is 4.43. The minimum Gasteiger partial charge on any atom is -0.384 e. The molecule has 0 bridgehead atoms. The highest BCUT2D eigenvalue weighted by Gasteiger charge is 2.08. The zero-order valence-corrected chi connectivity index (χ0v) is 14.3. The Balaban J connectivity index is 1.66. The van der Waals surface area contributed by atoms with Crippen molar-refractivity contribution in [3.8, 4) is 0 Å². The summed E-state index contributed by atoms with van der Waals surface area (Å²) in [6.45, 7) is 4.86. The van der Waals surface area contributed by atoms with Crippen molar-refractivity contribution >= 4 is 32.5 Å². The third-order valence-electron chi connectivity index (χ3n) is 3.82. The van der Waals surface area contributed by atoms with E-state index in [1.54, 1.807) is 0 Å². The van der Waals surface area contributed by atoms with E-state index in [4.69, 9.17) is 4.52 Å². The standard InChI is InChI=1S/C17H18BrN3O/c1-11-13(12(2)22-21-11)6-4-9-19-16-8-10-20-17-14(16)5-3-7-15(17)18/h3,5,7-8,10H,4,6,9H2,1-2H3,(H,19,20). The Bertz CT molecular complexity index is 778. The Kier molecular flexibility index (Phi) is 4.43. The van der Waals surface area contributed by atoms with Crippen LogP contribution in [0.25, 0.3) is 10.9 Å². The zero-order valence-electron chi connectivity index (χ0n) is 12.7. The molecule has 0 aliphatic rings. The first-order valence-corrected chi connectivity index (χ1v) is 8.15. The molecule has 22 heavy (non-hydrogen) atoms. The number of benzene rings is 1. The van der Waals surface area contributed by atoms with Gasteiger partial charge in [-0.15, -0.1) is 0 Å². The lowest BCUT2D eigenvalue weighted by Crippen LogP contribution is -2.04. The van der Waals surface area contributed by atoms with Crippen molar-refractivity contribution < 1.29 is 4.52 Å². The summed E-state index contributed by atoms with van der Waals surface area (Å²) in [6.07, 6.45) is 3.84. The van der Waals surface area contributed by atoms with Crippen LogP contribution >= 0.6 is 15.9 Å². The Morgan fingerprint density at radius 2 is 2.09 bits per heavy atom. The van der Waals surface area contributed by atoms with Gasteiger partial charge in [-0.1, -0.05) is 17.3 Å². The topological polar surface area (TPSA) is 51.0 Å². The monoisotopic (exact) mass is 359 g/mol. The van der Waals surface area contributed by atoms with E-state index in [9.17, 15) is 0 Å². The Hall–Kier alpha value is -1.88. The average Bonchev–Trinajstić information content (AvgIpc) is 2.84. The van der Waals surface area contributed by atoms with Gasteiger partial charge < -0.3 is 9.84 Å². The summed E-state index contributed by atoms with van der Waals surface area (Å²) < 4.78 is 6.22. The molecule has 0 amide bonds. The number of rotatable bonds is 5. The predicted octanol–water partition coefficient (Wildman–Crippen LogP) is 4.65. The second kappa shape index (κ2) is 6.48. The lowest BCUT2D eigenvalue weighted by atomic mass is 10.1. The van der Waals surface area contributed by atoms with E-state index in [1.165, 1.54) is 5.56 Å². The molecule has 0 radical (unpaired) electrons. The molecule has 2 aromatic heterocycles. The van der Waals surface area contributed by atoms with Crippen molar-refractivity contribution in [2.75, 3.05) is 11.9 Å². The fraction of sp³-hybridized carbons (Fsp3) is 0.294. The maximum Gasteiger partial charge on any atom is 0.137 e. The van der Waals surface area contributed by atoms with E-state index in [1.807, 2.05) is 38.2 Å². The highest BCUT2D eigenvalue weighted by molar-refractivity contribution is 9.10. The van der Waals surface area contributed by atoms with Gasteiger partial charge in [0, 0.05) is 33.9 Å². The van der Waals surface area contributed by atoms with Crippen molar-refractivity contribution in [1.29, 1.82) is 0 Å². The highest BCUT2D eigenvalue weighted by Crippen LogP contribution is 2.27. The molecule has 0 spiro atoms. The lowest BCUT2D eigenvalue weighted by Gasteiger charge is -2.10. The third-order valence-corrected chi connectivity index (χ3v) is 4.46. The maximum atomic E-state index is 5.20. The first-order valence-electron chi connectivity index (χ1n) is 7.35. The molecular formula is C17H18BrN3O. The molecule has 0 aliphatic carbocycles. The van der Waals surface area contributed by atoms with Crippen LogP contribution in [0, 0.1) is 13.8 Å². The van der Waals surface area contributed by atoms with Crippen LogP contribution in [0.15, 0.2) is 39.5 Å². The normalized spacial score (nSPS) is 11.0. The van der Waals surface area contributed by atoms with Gasteiger partial charge in [-0.25, -0.2) is 0 Å². The summed E-state index contributed by atoms with van der Waals surface area (Å²) in [5, 5.41) is 8.63. The summed E-state index contributed by atoms with van der Waals surface area (Å²) in [7, 11) is 0. The van der Waals surface area contributed by atoms with Crippen LogP contribution in [0.5, 0.6) is 0 Å². The molecule has 1 aromatic carbocycles. The maximum absolute atomic E-state index is 5.20. The number of anilines is 1. The van der Waals surface area contributed by atoms with Gasteiger partial charge in [-0.3, -0.25) is 4.98 Å². The van der Waals surface area contributed by atoms with Gasteiger partial charge in [0.1, 0.15) is 5.76 Å². The molecular weight excluding hydrogens is 342 g/mol. The molecule has 0 atom stereocenters. The van der Waals surface area contributed by atoms with Crippen LogP contribution in [0.1, 0.15) is 23.4 Å². The lowest BCUT2D eigenvalue weighted by molar-refractivity contribution is 0.392. The van der Waals surface area contributed by atoms with Gasteiger partial charge >= 0.3 is 0 Å². The van der Waals surface area contributed by atoms with Crippen molar-refractivity contribution in [2.45, 2.75) is 26.7 Å². The quantitative estimate of drug-likeness (QED) is 0.673. The minimum atomic E-state index is 0.898. The van der Waals surface area contributed by atoms with Crippen molar-refractivity contribution in [3.63, 3.8) is 0 Å². The van der Waals surface area contributed by atoms with E-state index in [-0.39, 0.29) is 0 Å². The summed E-state index contributed by atoms with van der Waals surface area (Å²) in [5.74, 6) is 0.927. The number of nitrogens with zero attached hydrogens (tertiary/aromatic N) is 2. The minimum absolute atomic E-state index is 0.898. The van der Waals surface area contributed by atoms with Crippen LogP contribution in [0.3, 0.4) is 0 Å². The van der Waals surface area contributed by atoms with Crippen molar-refractivity contribution in [1.82, 2.24) is 10.1 Å². The molecule has 0 aliphatic heterocycles. The Labute approximate surface area is 138 Å². The number of hydrogen-bond acceptors (Lipinski definition) is 4. The van der Waals surface area contributed by atoms with E-state index < -0.39 is 0 Å². The van der Waals surface area contributed by atoms with Gasteiger partial charge in [-0.2, -0.15) is 0 Å².